The van der Waals surface area contributed by atoms with Gasteiger partial charge in [0.1, 0.15) is 60.0 Å². The van der Waals surface area contributed by atoms with E-state index in [2.05, 4.69) is 34.2 Å². The number of hydrogen-bond donors (Lipinski definition) is 7. The average molecular weight is 968 g/mol. The molecule has 3 aliphatic heterocycles. The fraction of sp³-hybridized carbons (Fsp3) is 0.359. The third-order valence-electron chi connectivity index (χ3n) is 9.74. The maximum Gasteiger partial charge on any atom is 2.00 e. The summed E-state index contributed by atoms with van der Waals surface area (Å²) in [7, 11) is -10.7. The van der Waals surface area contributed by atoms with Crippen LogP contribution < -0.4 is 14.6 Å². The van der Waals surface area contributed by atoms with Crippen LogP contribution in [0.4, 0.5) is 25.2 Å². The van der Waals surface area contributed by atoms with E-state index < -0.39 is 93.5 Å². The zero-order valence-electron chi connectivity index (χ0n) is 32.2. The van der Waals surface area contributed by atoms with Gasteiger partial charge in [0.15, 0.2) is 18.2 Å². The molecule has 2 saturated heterocycles. The summed E-state index contributed by atoms with van der Waals surface area (Å²) < 4.78 is 87.6. The van der Waals surface area contributed by atoms with E-state index in [-0.39, 0.29) is 46.3 Å². The zero-order chi connectivity index (χ0) is 45.4. The Morgan fingerprint density at radius 2 is 1.35 bits per heavy atom. The Bertz CT molecular complexity index is 2330. The summed E-state index contributed by atoms with van der Waals surface area (Å²) in [5.74, 6) is -1.39. The number of pyridine rings is 2. The molecule has 0 bridgehead atoms. The number of aromatic nitrogens is 2. The summed E-state index contributed by atoms with van der Waals surface area (Å²) >= 11 is 0. The summed E-state index contributed by atoms with van der Waals surface area (Å²) in [6.45, 7) is 0.697. The number of Topliss-reactive ketones (excluding diaryl/α,β-unsaturated/α-hetero) is 1. The van der Waals surface area contributed by atoms with Crippen molar-refractivity contribution in [2.24, 2.45) is 0 Å². The number of halogens is 6. The van der Waals surface area contributed by atoms with Crippen LogP contribution in [0, 0.1) is 0 Å². The monoisotopic (exact) mass is 967 g/mol. The Kier molecular flexibility index (Phi) is 14.6. The van der Waals surface area contributed by atoms with Crippen molar-refractivity contribution in [2.45, 2.75) is 80.9 Å². The number of carbonyl (C=O) groups excluding carboxylic acids is 1. The van der Waals surface area contributed by atoms with Gasteiger partial charge in [-0.2, -0.15) is 0 Å². The number of fused-ring (bicyclic) bond motifs is 4. The summed E-state index contributed by atoms with van der Waals surface area (Å²) in [5.41, 5.74) is 2.35. The van der Waals surface area contributed by atoms with Gasteiger partial charge in [-0.05, 0) is 42.8 Å². The van der Waals surface area contributed by atoms with Gasteiger partial charge < -0.3 is 64.5 Å². The van der Waals surface area contributed by atoms with Crippen LogP contribution in [0.3, 0.4) is 0 Å². The number of phenols is 1. The van der Waals surface area contributed by atoms with Crippen LogP contribution in [0.1, 0.15) is 35.4 Å². The number of rotatable bonds is 6. The van der Waals surface area contributed by atoms with E-state index in [0.29, 0.717) is 5.56 Å². The van der Waals surface area contributed by atoms with Crippen molar-refractivity contribution in [1.82, 2.24) is 9.97 Å². The molecule has 16 nitrogen and oxygen atoms in total. The Balaban J connectivity index is 0.000000277. The number of carbonyl (C=O) groups is 1. The number of ketones is 1. The molecule has 0 aliphatic carbocycles. The van der Waals surface area contributed by atoms with Crippen molar-refractivity contribution in [3.63, 3.8) is 0 Å². The quantitative estimate of drug-likeness (QED) is 0.0540. The predicted molar refractivity (Wildman–Crippen MR) is 203 cm³/mol. The van der Waals surface area contributed by atoms with Crippen molar-refractivity contribution in [1.29, 1.82) is 0 Å². The average Bonchev–Trinajstić information content (AvgIpc) is 3.20. The minimum Gasteiger partial charge on any atom is -0.254 e. The van der Waals surface area contributed by atoms with Gasteiger partial charge in [0.2, 0.25) is 6.29 Å². The fourth-order valence-corrected chi connectivity index (χ4v) is 6.73. The summed E-state index contributed by atoms with van der Waals surface area (Å²) in [4.78, 5) is 21.5. The van der Waals surface area contributed by atoms with Crippen molar-refractivity contribution in [2.75, 3.05) is 6.61 Å². The first kappa shape index (κ1) is 49.5. The zero-order valence-corrected chi connectivity index (χ0v) is 34.1. The van der Waals surface area contributed by atoms with Crippen molar-refractivity contribution in [3.05, 3.63) is 96.3 Å². The van der Waals surface area contributed by atoms with E-state index in [0.717, 1.165) is 27.9 Å². The molecule has 24 heteroatoms. The predicted octanol–water partition coefficient (Wildman–Crippen LogP) is 4.37. The molecule has 1 radical (unpaired) electrons. The molecule has 3 aromatic carbocycles. The van der Waals surface area contributed by atoms with Crippen molar-refractivity contribution in [3.8, 4) is 23.0 Å². The van der Waals surface area contributed by atoms with Crippen LogP contribution in [0.2, 0.25) is 0 Å². The second-order valence-electron chi connectivity index (χ2n) is 14.4. The second-order valence-corrected chi connectivity index (χ2v) is 16.3. The maximum atomic E-state index is 12.9. The molecule has 11 atom stereocenters. The third kappa shape index (κ3) is 12.6. The smallest absolute Gasteiger partial charge is 0.254 e. The van der Waals surface area contributed by atoms with E-state index in [4.69, 9.17) is 23.7 Å². The van der Waals surface area contributed by atoms with Gasteiger partial charge in [-0.25, -0.2) is 0 Å². The van der Waals surface area contributed by atoms with E-state index >= 15 is 0 Å². The maximum absolute atomic E-state index is 12.9. The van der Waals surface area contributed by atoms with Crippen LogP contribution in [-0.2, 0) is 31.3 Å². The molecule has 3 aliphatic rings. The molecule has 1 unspecified atom stereocenters. The molecule has 347 valence electrons. The Hall–Kier alpha value is -4.48. The number of aliphatic hydroxyl groups is 6. The number of nitrogens with zero attached hydrogens (tertiary/aromatic N) is 2. The van der Waals surface area contributed by atoms with Gasteiger partial charge in [-0.1, -0.05) is 42.1 Å². The Morgan fingerprint density at radius 1 is 0.778 bits per heavy atom. The van der Waals surface area contributed by atoms with Gasteiger partial charge in [0.05, 0.1) is 35.7 Å². The molecule has 2 fully saturated rings. The second kappa shape index (κ2) is 18.6. The molecule has 7 N–H and O–H groups in total. The number of ether oxygens (including phenoxy) is 5. The molecule has 8 rings (SSSR count). The minimum absolute atomic E-state index is 0. The normalized spacial score (nSPS) is 29.2. The number of hydrogen-bond acceptors (Lipinski definition) is 16. The van der Waals surface area contributed by atoms with E-state index in [9.17, 15) is 70.8 Å². The van der Waals surface area contributed by atoms with Crippen LogP contribution >= 0.6 is 7.81 Å². The Labute approximate surface area is 362 Å². The number of aromatic hydroxyl groups is 1. The molecule has 2 aromatic heterocycles. The molecule has 5 heterocycles. The van der Waals surface area contributed by atoms with Gasteiger partial charge in [0.25, 0.3) is 0 Å². The van der Waals surface area contributed by atoms with E-state index in [1.54, 1.807) is 24.5 Å². The number of benzene rings is 3. The van der Waals surface area contributed by atoms with Crippen molar-refractivity contribution < 1.29 is 112 Å². The van der Waals surface area contributed by atoms with Crippen LogP contribution in [0.25, 0.3) is 21.8 Å². The van der Waals surface area contributed by atoms with Gasteiger partial charge in [-0.3, -0.25) is 14.8 Å². The fourth-order valence-electron chi connectivity index (χ4n) is 6.73. The summed E-state index contributed by atoms with van der Waals surface area (Å²) in [5, 5.41) is 86.1. The standard InChI is InChI=1S/C27H32O14.C12H8N2.Cu.F6P/c1-10-20(32)22(34)24(36)26(37-10)41-25-23(35)21(33)18(9-28)40-27(25)38-13-6-14(30)19-15(31)8-16(39-17(19)7-13)11-2-4-12(29)5-3-11;1-3-9-5-6-10-4-2-8-14-12(10)11(9)13-7-1;;1-7(2,3,4,5)6/h2-7,10,16,18,20-30,32-36H,8-9H2,1H3;1-8H;;/q;;+2;-1/p-1/t10-,16?,18+,20-,21+,22+,23-,24+,25+,26-,27+;;;/m0.../s1. The molecule has 63 heavy (non-hydrogen) atoms. The van der Waals surface area contributed by atoms with Gasteiger partial charge >= 0.3 is 50.1 Å². The van der Waals surface area contributed by atoms with Crippen LogP contribution in [0.5, 0.6) is 23.0 Å². The van der Waals surface area contributed by atoms with Crippen LogP contribution in [0.15, 0.2) is 85.2 Å². The molecule has 5 aromatic rings. The molecule has 0 amide bonds. The van der Waals surface area contributed by atoms with Crippen molar-refractivity contribution >= 4 is 35.4 Å². The number of aliphatic hydroxyl groups excluding tert-OH is 6. The number of phenolic OH excluding ortho intramolecular Hbond substituents is 1. The van der Waals surface area contributed by atoms with E-state index in [1.165, 1.54) is 25.1 Å². The molecule has 0 spiro atoms. The minimum atomic E-state index is -10.7. The van der Waals surface area contributed by atoms with Crippen LogP contribution in [-0.4, -0.2) is 120 Å². The summed E-state index contributed by atoms with van der Waals surface area (Å²) in [6, 6.07) is 20.4. The first-order valence-electron chi connectivity index (χ1n) is 18.5. The van der Waals surface area contributed by atoms with E-state index in [1.807, 2.05) is 12.1 Å². The molecular weight excluding hydrogens is 929 g/mol. The topological polar surface area (TPSA) is 254 Å². The first-order chi connectivity index (χ1) is 28.9. The third-order valence-corrected chi connectivity index (χ3v) is 9.74. The Morgan fingerprint density at radius 3 is 1.90 bits per heavy atom. The van der Waals surface area contributed by atoms with Gasteiger partial charge in [-0.15, -0.1) is 0 Å². The molecular formula is C39H39CuF6N2O14P. The SMILES string of the molecule is C[C@@H]1O[C@@H](O[C@H]2[C@H](Oc3cc([O-])c4c(c3)OC(c3ccc(O)cc3)CC4=O)O[C@H](CO)[C@@H](O)[C@@H]2O)[C@H](O)[C@H](O)[C@H]1O.F[P-](F)(F)(F)(F)F.[Cu+2].c1cnc2c(c1)ccc1cccnc12. The van der Waals surface area contributed by atoms with Gasteiger partial charge in [0, 0.05) is 29.2 Å². The first-order valence-corrected chi connectivity index (χ1v) is 20.5. The largest absolute Gasteiger partial charge is 2.00 e. The molecule has 0 saturated carbocycles. The summed E-state index contributed by atoms with van der Waals surface area (Å²) in [6.07, 6.45) is -12.6.